The number of imidazole rings is 1. The van der Waals surface area contributed by atoms with E-state index in [9.17, 15) is 0 Å². The van der Waals surface area contributed by atoms with E-state index in [1.165, 1.54) is 5.70 Å². The second-order valence-electron chi connectivity index (χ2n) is 6.41. The van der Waals surface area contributed by atoms with Gasteiger partial charge >= 0.3 is 0 Å². The van der Waals surface area contributed by atoms with E-state index < -0.39 is 0 Å². The Balaban J connectivity index is 1.75. The van der Waals surface area contributed by atoms with Crippen molar-refractivity contribution in [3.63, 3.8) is 0 Å². The third-order valence-electron chi connectivity index (χ3n) is 4.64. The Hall–Kier alpha value is -2.91. The summed E-state index contributed by atoms with van der Waals surface area (Å²) >= 11 is 0. The molecule has 1 fully saturated rings. The monoisotopic (exact) mass is 363 g/mol. The Morgan fingerprint density at radius 3 is 2.96 bits per heavy atom. The topological polar surface area (TPSA) is 77.8 Å². The molecular formula is C21H25N5O. The number of hydrogen-bond donors (Lipinski definition) is 1. The van der Waals surface area contributed by atoms with E-state index in [2.05, 4.69) is 51.1 Å². The van der Waals surface area contributed by atoms with Gasteiger partial charge in [-0.15, -0.1) is 0 Å². The first-order valence-corrected chi connectivity index (χ1v) is 9.26. The zero-order valence-corrected chi connectivity index (χ0v) is 15.9. The molecule has 1 aliphatic rings. The number of pyridine rings is 1. The molecule has 0 aromatic carbocycles. The van der Waals surface area contributed by atoms with Crippen molar-refractivity contribution in [3.8, 4) is 6.07 Å². The fraction of sp³-hybridized carbons (Fsp3) is 0.381. The molecule has 0 saturated carbocycles. The number of rotatable bonds is 6. The van der Waals surface area contributed by atoms with Gasteiger partial charge in [-0.2, -0.15) is 5.26 Å². The van der Waals surface area contributed by atoms with Gasteiger partial charge in [-0.3, -0.25) is 0 Å². The standard InChI is InChI=1S/C21H25N5O/c1-3-17(26-12-14-27-15-13-26)7-4-8-19-24-20-18(16(2)6-5-10-22)9-11-23-21(20)25-19/h3-4,6-7,9,11H,5,8,12-15H2,1-2H3,(H,23,24,25)/b7-4-,16-6+,17-3+. The van der Waals surface area contributed by atoms with Crippen molar-refractivity contribution >= 4 is 16.7 Å². The highest BCUT2D eigenvalue weighted by atomic mass is 16.5. The molecule has 3 rings (SSSR count). The number of nitriles is 1. The smallest absolute Gasteiger partial charge is 0.178 e. The summed E-state index contributed by atoms with van der Waals surface area (Å²) in [4.78, 5) is 14.7. The van der Waals surface area contributed by atoms with Crippen molar-refractivity contribution in [2.75, 3.05) is 26.3 Å². The molecule has 2 aromatic rings. The van der Waals surface area contributed by atoms with Crippen LogP contribution in [-0.2, 0) is 11.2 Å². The average molecular weight is 363 g/mol. The Morgan fingerprint density at radius 1 is 1.41 bits per heavy atom. The van der Waals surface area contributed by atoms with Gasteiger partial charge in [0.25, 0.3) is 0 Å². The Labute approximate surface area is 159 Å². The van der Waals surface area contributed by atoms with Gasteiger partial charge in [-0.1, -0.05) is 18.2 Å². The lowest BCUT2D eigenvalue weighted by Crippen LogP contribution is -2.35. The summed E-state index contributed by atoms with van der Waals surface area (Å²) in [7, 11) is 0. The molecule has 1 saturated heterocycles. The van der Waals surface area contributed by atoms with Gasteiger partial charge in [0.1, 0.15) is 5.82 Å². The zero-order chi connectivity index (χ0) is 19.1. The predicted molar refractivity (Wildman–Crippen MR) is 107 cm³/mol. The predicted octanol–water partition coefficient (Wildman–Crippen LogP) is 3.61. The van der Waals surface area contributed by atoms with Crippen molar-refractivity contribution in [3.05, 3.63) is 53.7 Å². The van der Waals surface area contributed by atoms with Crippen LogP contribution in [0.2, 0.25) is 0 Å². The van der Waals surface area contributed by atoms with E-state index in [0.29, 0.717) is 18.5 Å². The number of aromatic nitrogens is 3. The number of hydrogen-bond acceptors (Lipinski definition) is 5. The summed E-state index contributed by atoms with van der Waals surface area (Å²) < 4.78 is 5.42. The lowest BCUT2D eigenvalue weighted by atomic mass is 10.1. The first-order valence-electron chi connectivity index (χ1n) is 9.26. The third kappa shape index (κ3) is 4.63. The summed E-state index contributed by atoms with van der Waals surface area (Å²) in [5, 5.41) is 8.79. The maximum absolute atomic E-state index is 8.79. The largest absolute Gasteiger partial charge is 0.378 e. The van der Waals surface area contributed by atoms with Crippen LogP contribution in [0.15, 0.2) is 42.3 Å². The molecule has 2 aromatic heterocycles. The molecule has 0 atom stereocenters. The summed E-state index contributed by atoms with van der Waals surface area (Å²) in [6.45, 7) is 7.48. The van der Waals surface area contributed by atoms with Gasteiger partial charge in [0.15, 0.2) is 5.65 Å². The van der Waals surface area contributed by atoms with Gasteiger partial charge in [0.2, 0.25) is 0 Å². The molecule has 0 bridgehead atoms. The second kappa shape index (κ2) is 9.15. The summed E-state index contributed by atoms with van der Waals surface area (Å²) in [5.41, 5.74) is 4.94. The minimum absolute atomic E-state index is 0.396. The first-order chi connectivity index (χ1) is 13.2. The highest BCUT2D eigenvalue weighted by Gasteiger charge is 2.11. The Bertz CT molecular complexity index is 910. The van der Waals surface area contributed by atoms with Gasteiger partial charge < -0.3 is 14.6 Å². The van der Waals surface area contributed by atoms with Crippen LogP contribution >= 0.6 is 0 Å². The van der Waals surface area contributed by atoms with Crippen molar-refractivity contribution in [1.29, 1.82) is 5.26 Å². The molecule has 6 nitrogen and oxygen atoms in total. The van der Waals surface area contributed by atoms with Crippen molar-refractivity contribution in [1.82, 2.24) is 19.9 Å². The van der Waals surface area contributed by atoms with E-state index in [4.69, 9.17) is 10.00 Å². The molecular weight excluding hydrogens is 338 g/mol. The summed E-state index contributed by atoms with van der Waals surface area (Å²) in [6, 6.07) is 4.11. The Kier molecular flexibility index (Phi) is 6.39. The van der Waals surface area contributed by atoms with Gasteiger partial charge in [0.05, 0.1) is 31.2 Å². The number of aromatic amines is 1. The zero-order valence-electron chi connectivity index (χ0n) is 15.9. The quantitative estimate of drug-likeness (QED) is 0.793. The maximum Gasteiger partial charge on any atom is 0.178 e. The number of allylic oxidation sites excluding steroid dienone is 5. The molecule has 0 aliphatic carbocycles. The average Bonchev–Trinajstić information content (AvgIpc) is 3.13. The molecule has 0 amide bonds. The number of ether oxygens (including phenoxy) is 1. The van der Waals surface area contributed by atoms with E-state index in [1.54, 1.807) is 6.20 Å². The SMILES string of the molecule is C/C=C(\C=C/Cc1nc2nccc(/C(C)=C/CC#N)c2[nH]1)N1CCOCC1. The van der Waals surface area contributed by atoms with Crippen molar-refractivity contribution < 1.29 is 4.74 Å². The first kappa shape index (κ1) is 18.9. The number of H-pyrrole nitrogens is 1. The molecule has 6 heteroatoms. The maximum atomic E-state index is 8.79. The molecule has 3 heterocycles. The van der Waals surface area contributed by atoms with Crippen LogP contribution in [0.5, 0.6) is 0 Å². The van der Waals surface area contributed by atoms with Crippen molar-refractivity contribution in [2.45, 2.75) is 26.7 Å². The highest BCUT2D eigenvalue weighted by molar-refractivity contribution is 5.86. The summed E-state index contributed by atoms with van der Waals surface area (Å²) in [6.07, 6.45) is 11.2. The molecule has 1 aliphatic heterocycles. The van der Waals surface area contributed by atoms with Crippen LogP contribution in [0.25, 0.3) is 16.7 Å². The van der Waals surface area contributed by atoms with Crippen LogP contribution < -0.4 is 0 Å². The fourth-order valence-corrected chi connectivity index (χ4v) is 3.19. The van der Waals surface area contributed by atoms with Gasteiger partial charge in [0, 0.05) is 37.0 Å². The highest BCUT2D eigenvalue weighted by Crippen LogP contribution is 2.22. The molecule has 27 heavy (non-hydrogen) atoms. The number of fused-ring (bicyclic) bond motifs is 1. The molecule has 1 N–H and O–H groups in total. The number of morpholine rings is 1. The van der Waals surface area contributed by atoms with E-state index in [-0.39, 0.29) is 0 Å². The van der Waals surface area contributed by atoms with Crippen molar-refractivity contribution in [2.24, 2.45) is 0 Å². The normalized spacial score (nSPS) is 16.3. The molecule has 0 radical (unpaired) electrons. The lowest BCUT2D eigenvalue weighted by Gasteiger charge is -2.29. The van der Waals surface area contributed by atoms with Crippen LogP contribution in [0.1, 0.15) is 31.7 Å². The second-order valence-corrected chi connectivity index (χ2v) is 6.41. The molecule has 140 valence electrons. The molecule has 0 unspecified atom stereocenters. The Morgan fingerprint density at radius 2 is 2.22 bits per heavy atom. The van der Waals surface area contributed by atoms with Gasteiger partial charge in [-0.05, 0) is 31.6 Å². The third-order valence-corrected chi connectivity index (χ3v) is 4.64. The van der Waals surface area contributed by atoms with Crippen LogP contribution in [0.3, 0.4) is 0 Å². The molecule has 0 spiro atoms. The van der Waals surface area contributed by atoms with E-state index >= 15 is 0 Å². The van der Waals surface area contributed by atoms with E-state index in [0.717, 1.165) is 48.8 Å². The van der Waals surface area contributed by atoms with E-state index in [1.807, 2.05) is 19.1 Å². The van der Waals surface area contributed by atoms with Crippen LogP contribution in [0, 0.1) is 11.3 Å². The van der Waals surface area contributed by atoms with Crippen LogP contribution in [0.4, 0.5) is 0 Å². The number of nitrogens with one attached hydrogen (secondary N) is 1. The minimum Gasteiger partial charge on any atom is -0.378 e. The fourth-order valence-electron chi connectivity index (χ4n) is 3.19. The number of nitrogens with zero attached hydrogens (tertiary/aromatic N) is 4. The lowest BCUT2D eigenvalue weighted by molar-refractivity contribution is 0.0553. The minimum atomic E-state index is 0.396. The summed E-state index contributed by atoms with van der Waals surface area (Å²) in [5.74, 6) is 0.881. The van der Waals surface area contributed by atoms with Crippen LogP contribution in [-0.4, -0.2) is 46.2 Å². The van der Waals surface area contributed by atoms with Gasteiger partial charge in [-0.25, -0.2) is 9.97 Å².